The van der Waals surface area contributed by atoms with Crippen molar-refractivity contribution in [2.45, 2.75) is 74.8 Å². The predicted molar refractivity (Wildman–Crippen MR) is 147 cm³/mol. The number of hydrogen-bond donors (Lipinski definition) is 9. The van der Waals surface area contributed by atoms with Crippen molar-refractivity contribution in [2.24, 2.45) is 0 Å². The van der Waals surface area contributed by atoms with E-state index in [0.717, 1.165) is 6.08 Å². The van der Waals surface area contributed by atoms with Crippen LogP contribution in [0.1, 0.15) is 18.1 Å². The van der Waals surface area contributed by atoms with Gasteiger partial charge >= 0.3 is 5.97 Å². The number of aliphatic hydroxyl groups excluding tert-OH is 5. The van der Waals surface area contributed by atoms with Crippen molar-refractivity contribution < 1.29 is 74.4 Å². The lowest BCUT2D eigenvalue weighted by Gasteiger charge is -2.46. The molecule has 2 aromatic carbocycles. The third-order valence-electron chi connectivity index (χ3n) is 7.27. The van der Waals surface area contributed by atoms with Crippen molar-refractivity contribution >= 4 is 12.0 Å². The van der Waals surface area contributed by atoms with E-state index in [1.165, 1.54) is 43.3 Å². The molecule has 9 N–H and O–H groups in total. The lowest BCUT2D eigenvalue weighted by molar-refractivity contribution is -0.357. The normalized spacial score (nSPS) is 32.5. The first-order valence-corrected chi connectivity index (χ1v) is 13.7. The molecule has 0 aliphatic carbocycles. The monoisotopic (exact) mass is 624 g/mol. The Morgan fingerprint density at radius 3 is 2.16 bits per heavy atom. The van der Waals surface area contributed by atoms with E-state index in [4.69, 9.17) is 23.7 Å². The minimum atomic E-state index is -1.77. The number of phenolic OH excluding ortho intramolecular Hbond substituents is 4. The van der Waals surface area contributed by atoms with Crippen molar-refractivity contribution in [3.63, 3.8) is 0 Å². The maximum Gasteiger partial charge on any atom is 0.331 e. The molecule has 15 nitrogen and oxygen atoms in total. The second-order valence-electron chi connectivity index (χ2n) is 10.4. The third-order valence-corrected chi connectivity index (χ3v) is 7.27. The van der Waals surface area contributed by atoms with E-state index < -0.39 is 79.7 Å². The summed E-state index contributed by atoms with van der Waals surface area (Å²) in [4.78, 5) is 12.8. The summed E-state index contributed by atoms with van der Waals surface area (Å²) in [5, 5.41) is 90.5. The van der Waals surface area contributed by atoms with Crippen LogP contribution >= 0.6 is 0 Å². The minimum Gasteiger partial charge on any atom is -0.504 e. The van der Waals surface area contributed by atoms with Crippen LogP contribution in [-0.4, -0.2) is 127 Å². The Bertz CT molecular complexity index is 1300. The molecular formula is C29H36O15. The molecule has 0 aromatic heterocycles. The fraction of sp³-hybridized carbons (Fsp3) is 0.483. The third kappa shape index (κ3) is 7.76. The van der Waals surface area contributed by atoms with Gasteiger partial charge in [-0.3, -0.25) is 0 Å². The number of aromatic hydroxyl groups is 4. The maximum absolute atomic E-state index is 12.8. The van der Waals surface area contributed by atoms with Crippen LogP contribution in [-0.2, 0) is 34.9 Å². The zero-order chi connectivity index (χ0) is 32.1. The number of esters is 1. The van der Waals surface area contributed by atoms with Crippen molar-refractivity contribution in [2.75, 3.05) is 13.2 Å². The van der Waals surface area contributed by atoms with Gasteiger partial charge in [0.25, 0.3) is 0 Å². The summed E-state index contributed by atoms with van der Waals surface area (Å²) < 4.78 is 28.2. The molecule has 15 heteroatoms. The molecule has 6 unspecified atom stereocenters. The van der Waals surface area contributed by atoms with Crippen LogP contribution < -0.4 is 0 Å². The predicted octanol–water partition coefficient (Wildman–Crippen LogP) is -1.02. The van der Waals surface area contributed by atoms with E-state index in [0.29, 0.717) is 11.1 Å². The Morgan fingerprint density at radius 2 is 1.50 bits per heavy atom. The molecule has 10 atom stereocenters. The highest BCUT2D eigenvalue weighted by atomic mass is 16.7. The Hall–Kier alpha value is -3.51. The molecule has 2 fully saturated rings. The Morgan fingerprint density at radius 1 is 0.818 bits per heavy atom. The Kier molecular flexibility index (Phi) is 11.0. The SMILES string of the molecule is CC1O[C@@H](OC2C(O)[C@H](OCCc3ccc(O)c(O)c3)OC(CO)[C@@H]2OC(=O)/C=C/c2ccc(O)c(O)c2)C(O)C(O)[C@H]1O. The fourth-order valence-corrected chi connectivity index (χ4v) is 4.76. The van der Waals surface area contributed by atoms with Gasteiger partial charge in [-0.1, -0.05) is 12.1 Å². The zero-order valence-corrected chi connectivity index (χ0v) is 23.5. The summed E-state index contributed by atoms with van der Waals surface area (Å²) >= 11 is 0. The summed E-state index contributed by atoms with van der Waals surface area (Å²) in [5.74, 6) is -2.40. The summed E-state index contributed by atoms with van der Waals surface area (Å²) in [5.41, 5.74) is 0.914. The number of ether oxygens (including phenoxy) is 5. The first-order chi connectivity index (χ1) is 20.9. The van der Waals surface area contributed by atoms with Crippen molar-refractivity contribution in [1.82, 2.24) is 0 Å². The number of rotatable bonds is 10. The van der Waals surface area contributed by atoms with Crippen molar-refractivity contribution in [1.29, 1.82) is 0 Å². The first kappa shape index (κ1) is 33.4. The van der Waals surface area contributed by atoms with Gasteiger partial charge in [0.2, 0.25) is 0 Å². The summed E-state index contributed by atoms with van der Waals surface area (Å²) in [6, 6.07) is 7.98. The number of aliphatic hydroxyl groups is 5. The molecule has 0 spiro atoms. The van der Waals surface area contributed by atoms with Gasteiger partial charge in [0.1, 0.15) is 36.6 Å². The molecule has 2 aromatic rings. The van der Waals surface area contributed by atoms with Crippen LogP contribution in [0.15, 0.2) is 42.5 Å². The molecule has 2 saturated heterocycles. The Balaban J connectivity index is 1.52. The van der Waals surface area contributed by atoms with Gasteiger partial charge in [0.05, 0.1) is 19.3 Å². The lowest BCUT2D eigenvalue weighted by Crippen LogP contribution is -2.65. The second kappa shape index (κ2) is 14.5. The van der Waals surface area contributed by atoms with Crippen LogP contribution in [0.25, 0.3) is 6.08 Å². The lowest BCUT2D eigenvalue weighted by atomic mass is 9.97. The van der Waals surface area contributed by atoms with Gasteiger partial charge in [-0.05, 0) is 54.8 Å². The molecule has 0 bridgehead atoms. The van der Waals surface area contributed by atoms with Gasteiger partial charge in [-0.15, -0.1) is 0 Å². The highest BCUT2D eigenvalue weighted by Gasteiger charge is 2.52. The average Bonchev–Trinajstić information content (AvgIpc) is 2.99. The number of benzene rings is 2. The van der Waals surface area contributed by atoms with Crippen LogP contribution in [0, 0.1) is 0 Å². The van der Waals surface area contributed by atoms with Crippen LogP contribution in [0.5, 0.6) is 23.0 Å². The van der Waals surface area contributed by atoms with Gasteiger partial charge in [0, 0.05) is 6.08 Å². The largest absolute Gasteiger partial charge is 0.504 e. The van der Waals surface area contributed by atoms with E-state index in [9.17, 15) is 50.8 Å². The molecule has 2 aliphatic rings. The van der Waals surface area contributed by atoms with Gasteiger partial charge < -0.3 is 69.6 Å². The number of carbonyl (C=O) groups excluding carboxylic acids is 1. The number of phenols is 4. The average molecular weight is 625 g/mol. The van der Waals surface area contributed by atoms with E-state index in [1.54, 1.807) is 6.07 Å². The maximum atomic E-state index is 12.8. The van der Waals surface area contributed by atoms with Crippen molar-refractivity contribution in [3.8, 4) is 23.0 Å². The molecular weight excluding hydrogens is 588 g/mol. The minimum absolute atomic E-state index is 0.0754. The summed E-state index contributed by atoms with van der Waals surface area (Å²) in [6.45, 7) is 0.606. The topological polar surface area (TPSA) is 245 Å². The van der Waals surface area contributed by atoms with Gasteiger partial charge in [-0.25, -0.2) is 4.79 Å². The van der Waals surface area contributed by atoms with E-state index in [-0.39, 0.29) is 30.3 Å². The molecule has 242 valence electrons. The molecule has 2 aliphatic heterocycles. The van der Waals surface area contributed by atoms with Gasteiger partial charge in [-0.2, -0.15) is 0 Å². The standard InChI is InChI=1S/C29H36O15/c1-13-22(36)23(37)24(38)29(41-13)44-27-25(39)28(40-9-8-15-3-6-17(32)19(34)11-15)42-20(12-30)26(27)43-21(35)7-4-14-2-5-16(31)18(33)10-14/h2-7,10-11,13,20,22-34,36-39H,8-9,12H2,1H3/b7-4+/t13?,20?,22-,23?,24?,25?,26-,27?,28+,29-/m0/s1. The first-order valence-electron chi connectivity index (χ1n) is 13.7. The highest BCUT2D eigenvalue weighted by Crippen LogP contribution is 2.32. The molecule has 4 rings (SSSR count). The van der Waals surface area contributed by atoms with Gasteiger partial charge in [0.15, 0.2) is 41.7 Å². The summed E-state index contributed by atoms with van der Waals surface area (Å²) in [7, 11) is 0. The Labute approximate surface area is 251 Å². The van der Waals surface area contributed by atoms with E-state index in [1.807, 2.05) is 0 Å². The van der Waals surface area contributed by atoms with Crippen LogP contribution in [0.4, 0.5) is 0 Å². The molecule has 44 heavy (non-hydrogen) atoms. The quantitative estimate of drug-likeness (QED) is 0.0873. The van der Waals surface area contributed by atoms with Crippen LogP contribution in [0.2, 0.25) is 0 Å². The summed E-state index contributed by atoms with van der Waals surface area (Å²) in [6.07, 6.45) is -12.6. The number of hydrogen-bond acceptors (Lipinski definition) is 15. The molecule has 0 radical (unpaired) electrons. The van der Waals surface area contributed by atoms with E-state index in [2.05, 4.69) is 0 Å². The second-order valence-corrected chi connectivity index (χ2v) is 10.4. The van der Waals surface area contributed by atoms with Crippen molar-refractivity contribution in [3.05, 3.63) is 53.6 Å². The molecule has 0 saturated carbocycles. The van der Waals surface area contributed by atoms with E-state index >= 15 is 0 Å². The highest BCUT2D eigenvalue weighted by molar-refractivity contribution is 5.87. The number of carbonyl (C=O) groups is 1. The van der Waals surface area contributed by atoms with Crippen LogP contribution in [0.3, 0.4) is 0 Å². The molecule has 2 heterocycles. The molecule has 0 amide bonds. The smallest absolute Gasteiger partial charge is 0.331 e. The fourth-order valence-electron chi connectivity index (χ4n) is 4.76. The zero-order valence-electron chi connectivity index (χ0n) is 23.5.